The molecule has 1 aromatic carbocycles. The quantitative estimate of drug-likeness (QED) is 0.506. The highest BCUT2D eigenvalue weighted by molar-refractivity contribution is 5.93. The van der Waals surface area contributed by atoms with E-state index in [0.29, 0.717) is 11.5 Å². The fourth-order valence-electron chi connectivity index (χ4n) is 3.92. The number of fused-ring (bicyclic) bond motifs is 1. The zero-order valence-corrected chi connectivity index (χ0v) is 17.4. The number of aryl methyl sites for hydroxylation is 1. The smallest absolute Gasteiger partial charge is 0.351 e. The summed E-state index contributed by atoms with van der Waals surface area (Å²) >= 11 is 0. The maximum Gasteiger partial charge on any atom is 0.353 e. The minimum atomic E-state index is -0.410. The summed E-state index contributed by atoms with van der Waals surface area (Å²) < 4.78 is 0. The van der Waals surface area contributed by atoms with Crippen LogP contribution >= 0.6 is 0 Å². The number of pyridine rings is 1. The van der Waals surface area contributed by atoms with Gasteiger partial charge in [-0.1, -0.05) is 18.2 Å². The van der Waals surface area contributed by atoms with E-state index in [9.17, 15) is 10.1 Å². The van der Waals surface area contributed by atoms with E-state index >= 15 is 0 Å². The summed E-state index contributed by atoms with van der Waals surface area (Å²) in [4.78, 5) is 28.9. The van der Waals surface area contributed by atoms with Crippen LogP contribution in [0.25, 0.3) is 10.9 Å². The van der Waals surface area contributed by atoms with Crippen LogP contribution in [-0.2, 0) is 0 Å². The molecule has 0 bridgehead atoms. The summed E-state index contributed by atoms with van der Waals surface area (Å²) in [6.07, 6.45) is 3.24. The van der Waals surface area contributed by atoms with Crippen LogP contribution in [0.4, 0.5) is 23.0 Å². The largest absolute Gasteiger partial charge is 0.353 e. The zero-order valence-electron chi connectivity index (χ0n) is 17.4. The topological polar surface area (TPSA) is 100 Å². The summed E-state index contributed by atoms with van der Waals surface area (Å²) in [6.45, 7) is 3.83. The molecule has 1 fully saturated rings. The van der Waals surface area contributed by atoms with Gasteiger partial charge in [-0.3, -0.25) is 15.1 Å². The number of benzene rings is 1. The van der Waals surface area contributed by atoms with Crippen LogP contribution in [0.3, 0.4) is 0 Å². The molecule has 0 saturated carbocycles. The minimum Gasteiger partial charge on any atom is -0.351 e. The van der Waals surface area contributed by atoms with Gasteiger partial charge in [0, 0.05) is 24.2 Å². The number of rotatable bonds is 5. The van der Waals surface area contributed by atoms with E-state index in [4.69, 9.17) is 0 Å². The van der Waals surface area contributed by atoms with E-state index in [1.165, 1.54) is 6.33 Å². The maximum absolute atomic E-state index is 12.0. The minimum absolute atomic E-state index is 0.122. The van der Waals surface area contributed by atoms with Gasteiger partial charge >= 0.3 is 5.69 Å². The van der Waals surface area contributed by atoms with E-state index in [0.717, 1.165) is 42.5 Å². The summed E-state index contributed by atoms with van der Waals surface area (Å²) in [5.41, 5.74) is 2.17. The van der Waals surface area contributed by atoms with Crippen LogP contribution in [-0.4, -0.2) is 58.0 Å². The molecule has 156 valence electrons. The van der Waals surface area contributed by atoms with Crippen molar-refractivity contribution in [2.45, 2.75) is 25.8 Å². The average Bonchev–Trinajstić information content (AvgIpc) is 2.74. The van der Waals surface area contributed by atoms with E-state index in [1.807, 2.05) is 49.2 Å². The number of hydrogen-bond donors (Lipinski definition) is 1. The molecule has 30 heavy (non-hydrogen) atoms. The Hall–Kier alpha value is -3.33. The first-order chi connectivity index (χ1) is 14.4. The molecule has 1 aliphatic heterocycles. The highest BCUT2D eigenvalue weighted by Crippen LogP contribution is 2.36. The molecular formula is C21H25N7O2. The number of nitrogens with zero attached hydrogens (tertiary/aromatic N) is 6. The molecule has 9 nitrogen and oxygen atoms in total. The average molecular weight is 407 g/mol. The Labute approximate surface area is 174 Å². The van der Waals surface area contributed by atoms with Crippen LogP contribution < -0.4 is 10.2 Å². The third-order valence-electron chi connectivity index (χ3n) is 5.67. The molecule has 1 saturated heterocycles. The third-order valence-corrected chi connectivity index (χ3v) is 5.67. The Kier molecular flexibility index (Phi) is 5.45. The second kappa shape index (κ2) is 8.19. The van der Waals surface area contributed by atoms with E-state index in [-0.39, 0.29) is 17.5 Å². The first kappa shape index (κ1) is 20.0. The number of hydrogen-bond acceptors (Lipinski definition) is 8. The van der Waals surface area contributed by atoms with Gasteiger partial charge in [-0.2, -0.15) is 0 Å². The first-order valence-corrected chi connectivity index (χ1v) is 9.98. The Morgan fingerprint density at radius 1 is 1.20 bits per heavy atom. The van der Waals surface area contributed by atoms with Crippen molar-refractivity contribution in [2.24, 2.45) is 0 Å². The van der Waals surface area contributed by atoms with Crippen LogP contribution in [0.5, 0.6) is 0 Å². The Morgan fingerprint density at radius 2 is 1.97 bits per heavy atom. The van der Waals surface area contributed by atoms with Gasteiger partial charge in [0.1, 0.15) is 6.33 Å². The molecule has 0 spiro atoms. The molecule has 3 aromatic rings. The molecule has 0 aliphatic carbocycles. The number of aromatic nitrogens is 3. The summed E-state index contributed by atoms with van der Waals surface area (Å²) in [5.74, 6) is 0.497. The normalized spacial score (nSPS) is 15.3. The molecule has 1 N–H and O–H groups in total. The number of nitro groups is 1. The molecule has 9 heteroatoms. The Balaban J connectivity index is 1.72. The fraction of sp³-hybridized carbons (Fsp3) is 0.381. The number of nitrogens with one attached hydrogen (secondary N) is 1. The lowest BCUT2D eigenvalue weighted by atomic mass is 10.0. The van der Waals surface area contributed by atoms with Gasteiger partial charge in [0.05, 0.1) is 16.1 Å². The number of para-hydroxylation sites is 1. The Morgan fingerprint density at radius 3 is 2.70 bits per heavy atom. The van der Waals surface area contributed by atoms with Gasteiger partial charge in [0.2, 0.25) is 11.6 Å². The van der Waals surface area contributed by atoms with Gasteiger partial charge in [-0.15, -0.1) is 0 Å². The first-order valence-electron chi connectivity index (χ1n) is 9.98. The zero-order chi connectivity index (χ0) is 21.3. The monoisotopic (exact) mass is 407 g/mol. The van der Waals surface area contributed by atoms with E-state index < -0.39 is 4.92 Å². The molecule has 0 amide bonds. The third kappa shape index (κ3) is 3.88. The van der Waals surface area contributed by atoms with E-state index in [1.54, 1.807) is 0 Å². The highest BCUT2D eigenvalue weighted by atomic mass is 16.6. The van der Waals surface area contributed by atoms with Gasteiger partial charge in [-0.05, 0) is 52.0 Å². The molecule has 4 rings (SSSR count). The number of likely N-dealkylation sites (tertiary alicyclic amines) is 1. The molecule has 3 heterocycles. The molecule has 0 radical (unpaired) electrons. The summed E-state index contributed by atoms with van der Waals surface area (Å²) in [5, 5.41) is 16.1. The number of piperidine rings is 1. The van der Waals surface area contributed by atoms with Crippen LogP contribution in [0.2, 0.25) is 0 Å². The van der Waals surface area contributed by atoms with Crippen molar-refractivity contribution in [3.63, 3.8) is 0 Å². The van der Waals surface area contributed by atoms with Crippen molar-refractivity contribution in [1.29, 1.82) is 0 Å². The lowest BCUT2D eigenvalue weighted by Gasteiger charge is -2.35. The van der Waals surface area contributed by atoms with Crippen molar-refractivity contribution in [2.75, 3.05) is 37.4 Å². The van der Waals surface area contributed by atoms with Crippen molar-refractivity contribution in [1.82, 2.24) is 19.9 Å². The molecule has 2 aromatic heterocycles. The SMILES string of the molecule is Cc1ccc2cccc(Nc3ncnc(N(C)C4CCN(C)CC4)c3[N+](=O)[O-])c2n1. The second-order valence-corrected chi connectivity index (χ2v) is 7.75. The van der Waals surface area contributed by atoms with Gasteiger partial charge in [0.25, 0.3) is 0 Å². The van der Waals surface area contributed by atoms with Crippen LogP contribution in [0, 0.1) is 17.0 Å². The van der Waals surface area contributed by atoms with E-state index in [2.05, 4.69) is 32.2 Å². The standard InChI is InChI=1S/C21H25N7O2/c1-14-7-8-15-5-4-6-17(18(15)24-14)25-20-19(28(29)30)21(23-13-22-20)27(3)16-9-11-26(2)12-10-16/h4-8,13,16H,9-12H2,1-3H3,(H,22,23,25). The van der Waals surface area contributed by atoms with Gasteiger partial charge < -0.3 is 15.1 Å². The number of anilines is 3. The predicted octanol–water partition coefficient (Wildman–Crippen LogP) is 3.52. The van der Waals surface area contributed by atoms with Crippen molar-refractivity contribution < 1.29 is 4.92 Å². The van der Waals surface area contributed by atoms with Gasteiger partial charge in [-0.25, -0.2) is 9.97 Å². The summed E-state index contributed by atoms with van der Waals surface area (Å²) in [7, 11) is 3.96. The predicted molar refractivity (Wildman–Crippen MR) is 117 cm³/mol. The molecule has 1 aliphatic rings. The second-order valence-electron chi connectivity index (χ2n) is 7.75. The molecule has 0 unspecified atom stereocenters. The van der Waals surface area contributed by atoms with Crippen LogP contribution in [0.15, 0.2) is 36.7 Å². The van der Waals surface area contributed by atoms with Crippen molar-refractivity contribution in [3.05, 3.63) is 52.5 Å². The highest BCUT2D eigenvalue weighted by Gasteiger charge is 2.30. The fourth-order valence-corrected chi connectivity index (χ4v) is 3.92. The maximum atomic E-state index is 12.0. The molecule has 0 atom stereocenters. The van der Waals surface area contributed by atoms with Crippen LogP contribution in [0.1, 0.15) is 18.5 Å². The van der Waals surface area contributed by atoms with Gasteiger partial charge in [0.15, 0.2) is 0 Å². The summed E-state index contributed by atoms with van der Waals surface area (Å²) in [6, 6.07) is 9.82. The lowest BCUT2D eigenvalue weighted by Crippen LogP contribution is -2.42. The lowest BCUT2D eigenvalue weighted by molar-refractivity contribution is -0.383. The van der Waals surface area contributed by atoms with Crippen molar-refractivity contribution in [3.8, 4) is 0 Å². The van der Waals surface area contributed by atoms with Crippen molar-refractivity contribution >= 4 is 33.9 Å². The molecular weight excluding hydrogens is 382 g/mol. The Bertz CT molecular complexity index is 1080.